The molecule has 2 atom stereocenters. The Morgan fingerprint density at radius 2 is 2.05 bits per heavy atom. The number of amides is 4. The van der Waals surface area contributed by atoms with Crippen molar-refractivity contribution in [2.45, 2.75) is 45.5 Å². The van der Waals surface area contributed by atoms with E-state index >= 15 is 0 Å². The first-order valence-corrected chi connectivity index (χ1v) is 12.6. The van der Waals surface area contributed by atoms with Crippen molar-refractivity contribution < 1.29 is 29.0 Å². The van der Waals surface area contributed by atoms with Gasteiger partial charge in [0.2, 0.25) is 11.9 Å². The topological polar surface area (TPSA) is 179 Å². The van der Waals surface area contributed by atoms with Gasteiger partial charge in [0.05, 0.1) is 43.7 Å². The van der Waals surface area contributed by atoms with Crippen LogP contribution >= 0.6 is 0 Å². The number of nitrogens with two attached hydrogens (primary N) is 1. The van der Waals surface area contributed by atoms with Crippen LogP contribution in [0.5, 0.6) is 5.75 Å². The van der Waals surface area contributed by atoms with Gasteiger partial charge in [-0.05, 0) is 38.5 Å². The summed E-state index contributed by atoms with van der Waals surface area (Å²) < 4.78 is 14.1. The molecule has 1 aromatic carbocycles. The van der Waals surface area contributed by atoms with Crippen molar-refractivity contribution in [2.24, 2.45) is 5.73 Å². The average Bonchev–Trinajstić information content (AvgIpc) is 3.61. The van der Waals surface area contributed by atoms with Gasteiger partial charge in [0.15, 0.2) is 0 Å². The molecule has 0 spiro atoms. The SMILES string of the molecule is CCn1nc(C)cc1C(=O)Nc1nc2cc(C(N)=O)cc(OC)c2n1CCCNC(=O)N(C)[C@H]1COC[C@@H]1O. The molecule has 0 aliphatic carbocycles. The minimum atomic E-state index is -0.727. The van der Waals surface area contributed by atoms with Crippen LogP contribution in [0, 0.1) is 6.92 Å². The zero-order valence-corrected chi connectivity index (χ0v) is 22.4. The third-order valence-corrected chi connectivity index (χ3v) is 6.64. The van der Waals surface area contributed by atoms with Gasteiger partial charge in [-0.3, -0.25) is 19.6 Å². The third kappa shape index (κ3) is 5.81. The molecule has 1 aliphatic heterocycles. The number of nitrogens with zero attached hydrogens (tertiary/aromatic N) is 5. The Bertz CT molecular complexity index is 1380. The summed E-state index contributed by atoms with van der Waals surface area (Å²) >= 11 is 0. The number of hydrogen-bond donors (Lipinski definition) is 4. The molecule has 4 amide bonds. The van der Waals surface area contributed by atoms with Crippen molar-refractivity contribution in [3.63, 3.8) is 0 Å². The molecule has 39 heavy (non-hydrogen) atoms. The molecule has 4 rings (SSSR count). The van der Waals surface area contributed by atoms with Gasteiger partial charge in [-0.1, -0.05) is 0 Å². The first-order chi connectivity index (χ1) is 18.6. The minimum Gasteiger partial charge on any atom is -0.494 e. The van der Waals surface area contributed by atoms with Crippen molar-refractivity contribution in [3.8, 4) is 5.75 Å². The average molecular weight is 543 g/mol. The number of fused-ring (bicyclic) bond motifs is 1. The molecule has 3 aromatic rings. The lowest BCUT2D eigenvalue weighted by molar-refractivity contribution is 0.0995. The first-order valence-electron chi connectivity index (χ1n) is 12.6. The highest BCUT2D eigenvalue weighted by molar-refractivity contribution is 6.04. The number of methoxy groups -OCH3 is 1. The van der Waals surface area contributed by atoms with Gasteiger partial charge in [-0.25, -0.2) is 9.78 Å². The summed E-state index contributed by atoms with van der Waals surface area (Å²) in [7, 11) is 3.08. The van der Waals surface area contributed by atoms with E-state index < -0.39 is 24.0 Å². The second-order valence-electron chi connectivity index (χ2n) is 9.31. The van der Waals surface area contributed by atoms with Crippen LogP contribution in [-0.2, 0) is 17.8 Å². The Hall–Kier alpha value is -4.17. The fourth-order valence-electron chi connectivity index (χ4n) is 4.59. The van der Waals surface area contributed by atoms with Gasteiger partial charge in [0.25, 0.3) is 5.91 Å². The smallest absolute Gasteiger partial charge is 0.317 e. The Kier molecular flexibility index (Phi) is 8.35. The molecular weight excluding hydrogens is 508 g/mol. The van der Waals surface area contributed by atoms with Gasteiger partial charge >= 0.3 is 6.03 Å². The molecule has 3 heterocycles. The summed E-state index contributed by atoms with van der Waals surface area (Å²) in [5.74, 6) is -0.425. The number of primary amides is 1. The molecule has 1 aliphatic rings. The molecule has 0 saturated carbocycles. The maximum atomic E-state index is 13.2. The number of likely N-dealkylation sites (N-methyl/N-ethyl adjacent to an activating group) is 1. The van der Waals surface area contributed by atoms with Crippen molar-refractivity contribution in [1.82, 2.24) is 29.5 Å². The summed E-state index contributed by atoms with van der Waals surface area (Å²) in [6.45, 7) is 5.34. The first kappa shape index (κ1) is 27.9. The van der Waals surface area contributed by atoms with Gasteiger partial charge in [-0.2, -0.15) is 5.10 Å². The van der Waals surface area contributed by atoms with E-state index in [1.54, 1.807) is 35.4 Å². The molecule has 210 valence electrons. The minimum absolute atomic E-state index is 0.197. The van der Waals surface area contributed by atoms with Crippen molar-refractivity contribution in [1.29, 1.82) is 0 Å². The normalized spacial score (nSPS) is 16.8. The molecule has 0 radical (unpaired) electrons. The van der Waals surface area contributed by atoms with Crippen LogP contribution in [0.2, 0.25) is 0 Å². The predicted molar refractivity (Wildman–Crippen MR) is 142 cm³/mol. The summed E-state index contributed by atoms with van der Waals surface area (Å²) in [5, 5.41) is 20.0. The Morgan fingerprint density at radius 3 is 2.69 bits per heavy atom. The van der Waals surface area contributed by atoms with Gasteiger partial charge in [0.1, 0.15) is 17.0 Å². The lowest BCUT2D eigenvalue weighted by Gasteiger charge is -2.25. The molecule has 1 fully saturated rings. The number of nitrogens with one attached hydrogen (secondary N) is 2. The number of aryl methyl sites for hydroxylation is 3. The highest BCUT2D eigenvalue weighted by Gasteiger charge is 2.32. The van der Waals surface area contributed by atoms with E-state index in [0.717, 1.165) is 0 Å². The number of urea groups is 1. The second kappa shape index (κ2) is 11.7. The van der Waals surface area contributed by atoms with Gasteiger partial charge in [-0.15, -0.1) is 0 Å². The Morgan fingerprint density at radius 1 is 1.28 bits per heavy atom. The second-order valence-corrected chi connectivity index (χ2v) is 9.31. The number of hydrogen-bond acceptors (Lipinski definition) is 8. The van der Waals surface area contributed by atoms with E-state index in [9.17, 15) is 19.5 Å². The maximum absolute atomic E-state index is 13.2. The van der Waals surface area contributed by atoms with Crippen LogP contribution in [0.25, 0.3) is 11.0 Å². The molecular formula is C25H34N8O6. The number of aliphatic hydroxyl groups excluding tert-OH is 1. The number of benzene rings is 1. The molecule has 14 nitrogen and oxygen atoms in total. The lowest BCUT2D eigenvalue weighted by Crippen LogP contribution is -2.48. The van der Waals surface area contributed by atoms with E-state index in [0.29, 0.717) is 54.2 Å². The molecule has 14 heteroatoms. The van der Waals surface area contributed by atoms with Crippen LogP contribution in [0.4, 0.5) is 10.7 Å². The molecule has 1 saturated heterocycles. The fourth-order valence-corrected chi connectivity index (χ4v) is 4.59. The molecule has 2 aromatic heterocycles. The number of aromatic nitrogens is 4. The number of imidazole rings is 1. The monoisotopic (exact) mass is 542 g/mol. The highest BCUT2D eigenvalue weighted by Crippen LogP contribution is 2.31. The number of anilines is 1. The van der Waals surface area contributed by atoms with Crippen molar-refractivity contribution in [3.05, 3.63) is 35.2 Å². The molecule has 0 bridgehead atoms. The van der Waals surface area contributed by atoms with Crippen molar-refractivity contribution in [2.75, 3.05) is 39.2 Å². The van der Waals surface area contributed by atoms with E-state index in [2.05, 4.69) is 20.7 Å². The number of carbonyl (C=O) groups excluding carboxylic acids is 3. The van der Waals surface area contributed by atoms with E-state index in [-0.39, 0.29) is 30.8 Å². The third-order valence-electron chi connectivity index (χ3n) is 6.64. The maximum Gasteiger partial charge on any atom is 0.317 e. The van der Waals surface area contributed by atoms with Crippen LogP contribution in [0.3, 0.4) is 0 Å². The number of ether oxygens (including phenoxy) is 2. The zero-order chi connectivity index (χ0) is 28.3. The number of rotatable bonds is 10. The summed E-state index contributed by atoms with van der Waals surface area (Å²) in [5.41, 5.74) is 7.78. The van der Waals surface area contributed by atoms with Gasteiger partial charge < -0.3 is 35.1 Å². The molecule has 0 unspecified atom stereocenters. The van der Waals surface area contributed by atoms with Crippen LogP contribution in [0.1, 0.15) is 39.9 Å². The van der Waals surface area contributed by atoms with Crippen LogP contribution in [0.15, 0.2) is 18.2 Å². The predicted octanol–water partition coefficient (Wildman–Crippen LogP) is 0.712. The largest absolute Gasteiger partial charge is 0.494 e. The van der Waals surface area contributed by atoms with E-state index in [1.807, 2.05) is 6.92 Å². The van der Waals surface area contributed by atoms with Gasteiger partial charge in [0, 0.05) is 32.2 Å². The Labute approximate surface area is 225 Å². The fraction of sp³-hybridized carbons (Fsp3) is 0.480. The Balaban J connectivity index is 1.57. The van der Waals surface area contributed by atoms with E-state index in [4.69, 9.17) is 15.2 Å². The summed E-state index contributed by atoms with van der Waals surface area (Å²) in [6.07, 6.45) is -0.250. The lowest BCUT2D eigenvalue weighted by atomic mass is 10.1. The zero-order valence-electron chi connectivity index (χ0n) is 22.4. The van der Waals surface area contributed by atoms with Crippen molar-refractivity contribution >= 4 is 34.8 Å². The summed E-state index contributed by atoms with van der Waals surface area (Å²) in [6, 6.07) is 4.01. The summed E-state index contributed by atoms with van der Waals surface area (Å²) in [4.78, 5) is 43.6. The van der Waals surface area contributed by atoms with E-state index in [1.165, 1.54) is 18.1 Å². The van der Waals surface area contributed by atoms with Crippen LogP contribution in [-0.4, -0.2) is 93.2 Å². The standard InChI is InChI=1S/C25H34N8O6/c1-5-33-17(9-14(2)30-33)23(36)29-24-28-16-10-15(22(26)35)11-20(38-4)21(16)32(24)8-6-7-27-25(37)31(3)18-12-39-13-19(18)34/h9-11,18-19,34H,5-8,12-13H2,1-4H3,(H2,26,35)(H,27,37)(H,28,29,36)/t18-,19-/m0/s1. The molecule has 5 N–H and O–H groups in total. The quantitative estimate of drug-likeness (QED) is 0.271. The number of carbonyl (C=O) groups is 3. The van der Waals surface area contributed by atoms with Crippen LogP contribution < -0.4 is 21.1 Å². The highest BCUT2D eigenvalue weighted by atomic mass is 16.5. The number of aliphatic hydroxyl groups is 1.